The van der Waals surface area contributed by atoms with Crippen LogP contribution in [0.25, 0.3) is 0 Å². The second-order valence-corrected chi connectivity index (χ2v) is 4.49. The number of urea groups is 1. The van der Waals surface area contributed by atoms with Crippen LogP contribution in [-0.4, -0.2) is 47.9 Å². The van der Waals surface area contributed by atoms with Gasteiger partial charge in [0, 0.05) is 13.5 Å². The van der Waals surface area contributed by atoms with Crippen molar-refractivity contribution in [3.05, 3.63) is 0 Å². The number of carbonyl (C=O) groups is 3. The molecular weight excluding hydrogens is 250 g/mol. The maximum absolute atomic E-state index is 12.0. The molecule has 0 radical (unpaired) electrons. The fourth-order valence-corrected chi connectivity index (χ4v) is 1.03. The molecule has 0 heterocycles. The van der Waals surface area contributed by atoms with Crippen molar-refractivity contribution in [3.8, 4) is 0 Å². The summed E-state index contributed by atoms with van der Waals surface area (Å²) in [6.07, 6.45) is -3.12. The Bertz CT molecular complexity index is 345. The molecule has 18 heavy (non-hydrogen) atoms. The lowest BCUT2D eigenvalue weighted by molar-refractivity contribution is -0.149. The van der Waals surface area contributed by atoms with Crippen LogP contribution in [0.2, 0.25) is 0 Å². The van der Waals surface area contributed by atoms with E-state index in [0.29, 0.717) is 4.90 Å². The van der Waals surface area contributed by atoms with Crippen molar-refractivity contribution in [1.82, 2.24) is 10.2 Å². The molecule has 3 amide bonds. The van der Waals surface area contributed by atoms with Gasteiger partial charge in [-0.1, -0.05) is 0 Å². The fraction of sp³-hybridized carbons (Fsp3) is 0.700. The first-order chi connectivity index (χ1) is 8.06. The molecule has 6 nitrogen and oxygen atoms in total. The Kier molecular flexibility index (Phi) is 5.67. The third-order valence-corrected chi connectivity index (χ3v) is 2.19. The first kappa shape index (κ1) is 16.3. The number of amides is 3. The summed E-state index contributed by atoms with van der Waals surface area (Å²) in [5.41, 5.74) is -1.33. The van der Waals surface area contributed by atoms with E-state index in [1.165, 1.54) is 13.8 Å². The summed E-state index contributed by atoms with van der Waals surface area (Å²) >= 11 is 0. The quantitative estimate of drug-likeness (QED) is 0.774. The molecular formula is C10H16F2N2O4. The van der Waals surface area contributed by atoms with Crippen molar-refractivity contribution in [3.63, 3.8) is 0 Å². The molecule has 0 saturated carbocycles. The molecule has 0 aliphatic rings. The largest absolute Gasteiger partial charge is 0.481 e. The number of aliphatic carboxylic acids is 1. The average Bonchev–Trinajstić information content (AvgIpc) is 2.14. The van der Waals surface area contributed by atoms with E-state index in [0.717, 1.165) is 7.05 Å². The molecule has 0 aromatic heterocycles. The molecule has 0 aromatic rings. The van der Waals surface area contributed by atoms with Crippen LogP contribution in [0.15, 0.2) is 0 Å². The number of hydrogen-bond acceptors (Lipinski definition) is 3. The Labute approximate surface area is 103 Å². The van der Waals surface area contributed by atoms with E-state index in [2.05, 4.69) is 0 Å². The predicted molar refractivity (Wildman–Crippen MR) is 58.2 cm³/mol. The number of carboxylic acid groups (broad SMARTS) is 1. The molecule has 0 aliphatic carbocycles. The second-order valence-electron chi connectivity index (χ2n) is 4.49. The van der Waals surface area contributed by atoms with E-state index in [1.54, 1.807) is 0 Å². The molecule has 0 spiro atoms. The molecule has 0 bridgehead atoms. The van der Waals surface area contributed by atoms with Crippen LogP contribution in [-0.2, 0) is 9.59 Å². The summed E-state index contributed by atoms with van der Waals surface area (Å²) in [6, 6.07) is -0.985. The van der Waals surface area contributed by atoms with Crippen LogP contribution in [0.1, 0.15) is 20.3 Å². The van der Waals surface area contributed by atoms with Crippen molar-refractivity contribution in [2.24, 2.45) is 5.41 Å². The lowest BCUT2D eigenvalue weighted by atomic mass is 9.89. The van der Waals surface area contributed by atoms with Crippen molar-refractivity contribution in [1.29, 1.82) is 0 Å². The van der Waals surface area contributed by atoms with Gasteiger partial charge in [-0.2, -0.15) is 0 Å². The Balaban J connectivity index is 4.33. The Morgan fingerprint density at radius 3 is 2.22 bits per heavy atom. The Morgan fingerprint density at radius 2 is 1.83 bits per heavy atom. The highest BCUT2D eigenvalue weighted by molar-refractivity contribution is 5.96. The topological polar surface area (TPSA) is 86.7 Å². The number of carbonyl (C=O) groups excluding carboxylic acids is 2. The molecule has 0 atom stereocenters. The second kappa shape index (κ2) is 6.27. The van der Waals surface area contributed by atoms with Gasteiger partial charge >= 0.3 is 12.0 Å². The van der Waals surface area contributed by atoms with E-state index in [1.807, 2.05) is 5.32 Å². The Hall–Kier alpha value is -1.73. The lowest BCUT2D eigenvalue weighted by Gasteiger charge is -2.20. The maximum atomic E-state index is 12.0. The van der Waals surface area contributed by atoms with Gasteiger partial charge in [0.05, 0.1) is 12.0 Å². The molecule has 0 saturated heterocycles. The van der Waals surface area contributed by atoms with Gasteiger partial charge < -0.3 is 10.0 Å². The fourth-order valence-electron chi connectivity index (χ4n) is 1.03. The third-order valence-electron chi connectivity index (χ3n) is 2.19. The number of halogens is 2. The molecule has 8 heteroatoms. The minimum absolute atomic E-state index is 0.420. The molecule has 2 N–H and O–H groups in total. The summed E-state index contributed by atoms with van der Waals surface area (Å²) in [4.78, 5) is 34.0. The molecule has 0 unspecified atom stereocenters. The zero-order valence-corrected chi connectivity index (χ0v) is 10.4. The standard InChI is InChI=1S/C10H16F2N2O4/c1-10(2,8(16)17)4-7(15)13-9(18)14(3)5-6(11)12/h6H,4-5H2,1-3H3,(H,16,17)(H,13,15,18). The van der Waals surface area contributed by atoms with E-state index in [4.69, 9.17) is 5.11 Å². The van der Waals surface area contributed by atoms with Gasteiger partial charge in [-0.25, -0.2) is 13.6 Å². The van der Waals surface area contributed by atoms with Crippen LogP contribution in [0, 0.1) is 5.41 Å². The first-order valence-electron chi connectivity index (χ1n) is 5.12. The highest BCUT2D eigenvalue weighted by Gasteiger charge is 2.31. The van der Waals surface area contributed by atoms with Crippen LogP contribution < -0.4 is 5.32 Å². The smallest absolute Gasteiger partial charge is 0.323 e. The third kappa shape index (κ3) is 5.55. The summed E-state index contributed by atoms with van der Waals surface area (Å²) in [5.74, 6) is -2.01. The van der Waals surface area contributed by atoms with Gasteiger partial charge in [0.15, 0.2) is 0 Å². The molecule has 0 aliphatic heterocycles. The van der Waals surface area contributed by atoms with E-state index in [-0.39, 0.29) is 0 Å². The monoisotopic (exact) mass is 266 g/mol. The van der Waals surface area contributed by atoms with Gasteiger partial charge in [-0.15, -0.1) is 0 Å². The number of nitrogens with zero attached hydrogens (tertiary/aromatic N) is 1. The highest BCUT2D eigenvalue weighted by atomic mass is 19.3. The number of carboxylic acids is 1. The van der Waals surface area contributed by atoms with E-state index >= 15 is 0 Å². The first-order valence-corrected chi connectivity index (χ1v) is 5.12. The lowest BCUT2D eigenvalue weighted by Crippen LogP contribution is -2.44. The van der Waals surface area contributed by atoms with Crippen molar-refractivity contribution < 1.29 is 28.3 Å². The van der Waals surface area contributed by atoms with Gasteiger partial charge in [0.2, 0.25) is 5.91 Å². The van der Waals surface area contributed by atoms with E-state index in [9.17, 15) is 23.2 Å². The zero-order chi connectivity index (χ0) is 14.5. The zero-order valence-electron chi connectivity index (χ0n) is 10.4. The molecule has 0 fully saturated rings. The summed E-state index contributed by atoms with van der Waals surface area (Å²) in [5, 5.41) is 10.6. The summed E-state index contributed by atoms with van der Waals surface area (Å²) in [6.45, 7) is 1.84. The maximum Gasteiger partial charge on any atom is 0.323 e. The number of hydrogen-bond donors (Lipinski definition) is 2. The number of alkyl halides is 2. The Morgan fingerprint density at radius 1 is 1.33 bits per heavy atom. The van der Waals surface area contributed by atoms with Crippen molar-refractivity contribution in [2.75, 3.05) is 13.6 Å². The van der Waals surface area contributed by atoms with Gasteiger partial charge in [-0.3, -0.25) is 14.9 Å². The van der Waals surface area contributed by atoms with Gasteiger partial charge in [-0.05, 0) is 13.8 Å². The highest BCUT2D eigenvalue weighted by Crippen LogP contribution is 2.19. The van der Waals surface area contributed by atoms with Crippen molar-refractivity contribution >= 4 is 17.9 Å². The predicted octanol–water partition coefficient (Wildman–Crippen LogP) is 0.920. The minimum atomic E-state index is -2.70. The number of rotatable bonds is 5. The molecule has 0 rings (SSSR count). The van der Waals surface area contributed by atoms with E-state index < -0.39 is 42.7 Å². The summed E-state index contributed by atoms with van der Waals surface area (Å²) in [7, 11) is 1.11. The summed E-state index contributed by atoms with van der Waals surface area (Å²) < 4.78 is 24.0. The number of imide groups is 1. The molecule has 0 aromatic carbocycles. The van der Waals surface area contributed by atoms with Crippen LogP contribution in [0.4, 0.5) is 13.6 Å². The minimum Gasteiger partial charge on any atom is -0.481 e. The van der Waals surface area contributed by atoms with Crippen LogP contribution in [0.5, 0.6) is 0 Å². The van der Waals surface area contributed by atoms with Crippen molar-refractivity contribution in [2.45, 2.75) is 26.7 Å². The molecule has 104 valence electrons. The SMILES string of the molecule is CN(CC(F)F)C(=O)NC(=O)CC(C)(C)C(=O)O. The normalized spacial score (nSPS) is 11.2. The van der Waals surface area contributed by atoms with Crippen LogP contribution in [0.3, 0.4) is 0 Å². The van der Waals surface area contributed by atoms with Gasteiger partial charge in [0.1, 0.15) is 0 Å². The van der Waals surface area contributed by atoms with Gasteiger partial charge in [0.25, 0.3) is 6.43 Å². The van der Waals surface area contributed by atoms with Crippen LogP contribution >= 0.6 is 0 Å². The average molecular weight is 266 g/mol. The number of nitrogens with one attached hydrogen (secondary N) is 1.